The van der Waals surface area contributed by atoms with Crippen LogP contribution in [0.3, 0.4) is 0 Å². The molecule has 0 bridgehead atoms. The molecule has 2 aliphatic rings. The van der Waals surface area contributed by atoms with Crippen molar-refractivity contribution < 1.29 is 4.79 Å². The number of para-hydroxylation sites is 1. The maximum atomic E-state index is 12.5. The Morgan fingerprint density at radius 1 is 1.18 bits per heavy atom. The lowest BCUT2D eigenvalue weighted by atomic mass is 10.00. The second kappa shape index (κ2) is 8.55. The molecular formula is C21H29N5OS. The van der Waals surface area contributed by atoms with Gasteiger partial charge in [-0.15, -0.1) is 10.2 Å². The Labute approximate surface area is 171 Å². The number of aryl methyl sites for hydroxylation is 1. The maximum absolute atomic E-state index is 12.5. The summed E-state index contributed by atoms with van der Waals surface area (Å²) in [4.78, 5) is 14.9. The maximum Gasteiger partial charge on any atom is 0.234 e. The molecule has 1 aliphatic carbocycles. The predicted molar refractivity (Wildman–Crippen MR) is 114 cm³/mol. The second-order valence-electron chi connectivity index (χ2n) is 7.90. The average Bonchev–Trinajstić information content (AvgIpc) is 3.46. The zero-order valence-electron chi connectivity index (χ0n) is 16.7. The molecule has 28 heavy (non-hydrogen) atoms. The van der Waals surface area contributed by atoms with Gasteiger partial charge in [0.2, 0.25) is 11.9 Å². The van der Waals surface area contributed by atoms with E-state index in [0.717, 1.165) is 47.8 Å². The van der Waals surface area contributed by atoms with E-state index >= 15 is 0 Å². The highest BCUT2D eigenvalue weighted by Crippen LogP contribution is 2.41. The van der Waals surface area contributed by atoms with E-state index in [4.69, 9.17) is 0 Å². The van der Waals surface area contributed by atoms with Crippen molar-refractivity contribution in [2.24, 2.45) is 5.92 Å². The average molecular weight is 400 g/mol. The topological polar surface area (TPSA) is 63.1 Å². The summed E-state index contributed by atoms with van der Waals surface area (Å²) in [6.45, 7) is 6.51. The lowest BCUT2D eigenvalue weighted by molar-refractivity contribution is -0.113. The molecule has 1 aromatic heterocycles. The molecule has 1 saturated carbocycles. The third kappa shape index (κ3) is 4.35. The highest BCUT2D eigenvalue weighted by atomic mass is 32.2. The molecule has 2 aromatic rings. The minimum atomic E-state index is 0.00425. The molecule has 2 heterocycles. The number of thioether (sulfide) groups is 1. The van der Waals surface area contributed by atoms with Crippen LogP contribution in [0.25, 0.3) is 0 Å². The molecule has 1 N–H and O–H groups in total. The van der Waals surface area contributed by atoms with Gasteiger partial charge in [-0.3, -0.25) is 9.36 Å². The summed E-state index contributed by atoms with van der Waals surface area (Å²) < 4.78 is 2.27. The first kappa shape index (κ1) is 19.3. The fourth-order valence-electron chi connectivity index (χ4n) is 3.71. The molecule has 0 atom stereocenters. The van der Waals surface area contributed by atoms with Crippen molar-refractivity contribution >= 4 is 29.3 Å². The zero-order chi connectivity index (χ0) is 19.5. The van der Waals surface area contributed by atoms with Crippen molar-refractivity contribution in [3.05, 3.63) is 29.8 Å². The van der Waals surface area contributed by atoms with Crippen molar-refractivity contribution in [3.8, 4) is 0 Å². The van der Waals surface area contributed by atoms with Crippen molar-refractivity contribution in [2.75, 3.05) is 29.1 Å². The monoisotopic (exact) mass is 399 g/mol. The highest BCUT2D eigenvalue weighted by Gasteiger charge is 2.32. The van der Waals surface area contributed by atoms with Gasteiger partial charge in [0.15, 0.2) is 5.16 Å². The van der Waals surface area contributed by atoms with Crippen LogP contribution >= 0.6 is 11.8 Å². The quantitative estimate of drug-likeness (QED) is 0.709. The van der Waals surface area contributed by atoms with Crippen molar-refractivity contribution in [3.63, 3.8) is 0 Å². The third-order valence-electron chi connectivity index (χ3n) is 5.63. The van der Waals surface area contributed by atoms with E-state index in [-0.39, 0.29) is 5.91 Å². The first-order chi connectivity index (χ1) is 13.7. The van der Waals surface area contributed by atoms with Crippen molar-refractivity contribution in [1.29, 1.82) is 0 Å². The van der Waals surface area contributed by atoms with Gasteiger partial charge in [0, 0.05) is 24.8 Å². The van der Waals surface area contributed by atoms with Gasteiger partial charge in [-0.1, -0.05) is 43.8 Å². The van der Waals surface area contributed by atoms with Gasteiger partial charge in [0.25, 0.3) is 0 Å². The number of aromatic nitrogens is 3. The molecule has 2 fully saturated rings. The number of nitrogens with one attached hydrogen (secondary N) is 1. The Kier molecular flexibility index (Phi) is 5.90. The summed E-state index contributed by atoms with van der Waals surface area (Å²) in [5.41, 5.74) is 2.06. The molecule has 1 amide bonds. The van der Waals surface area contributed by atoms with E-state index in [2.05, 4.69) is 44.9 Å². The smallest absolute Gasteiger partial charge is 0.234 e. The summed E-state index contributed by atoms with van der Waals surface area (Å²) in [6.07, 6.45) is 5.67. The zero-order valence-corrected chi connectivity index (χ0v) is 17.5. The summed E-state index contributed by atoms with van der Waals surface area (Å²) in [5, 5.41) is 12.9. The fourth-order valence-corrected chi connectivity index (χ4v) is 4.51. The van der Waals surface area contributed by atoms with Gasteiger partial charge in [-0.05, 0) is 49.7 Å². The molecule has 0 spiro atoms. The van der Waals surface area contributed by atoms with E-state index in [1.54, 1.807) is 0 Å². The number of hydrogen-bond acceptors (Lipinski definition) is 5. The summed E-state index contributed by atoms with van der Waals surface area (Å²) in [7, 11) is 0. The Bertz CT molecular complexity index is 824. The molecule has 7 heteroatoms. The Balaban J connectivity index is 1.41. The summed E-state index contributed by atoms with van der Waals surface area (Å²) in [5.74, 6) is 2.13. The van der Waals surface area contributed by atoms with Crippen molar-refractivity contribution in [1.82, 2.24) is 14.8 Å². The van der Waals surface area contributed by atoms with Gasteiger partial charge < -0.3 is 10.2 Å². The van der Waals surface area contributed by atoms with Gasteiger partial charge in [0.05, 0.1) is 5.75 Å². The lowest BCUT2D eigenvalue weighted by Gasteiger charge is -2.31. The molecular weight excluding hydrogens is 370 g/mol. The van der Waals surface area contributed by atoms with Crippen LogP contribution in [0.4, 0.5) is 11.6 Å². The number of benzene rings is 1. The first-order valence-corrected chi connectivity index (χ1v) is 11.3. The van der Waals surface area contributed by atoms with Crippen LogP contribution in [-0.4, -0.2) is 39.5 Å². The number of piperidine rings is 1. The molecule has 1 saturated heterocycles. The van der Waals surface area contributed by atoms with E-state index in [1.165, 1.54) is 37.4 Å². The number of amides is 1. The third-order valence-corrected chi connectivity index (χ3v) is 6.57. The van der Waals surface area contributed by atoms with Crippen molar-refractivity contribution in [2.45, 2.75) is 57.1 Å². The van der Waals surface area contributed by atoms with Gasteiger partial charge in [0.1, 0.15) is 0 Å². The first-order valence-electron chi connectivity index (χ1n) is 10.4. The number of carbonyl (C=O) groups is 1. The SMILES string of the molecule is CCc1ccccc1NC(=O)CSc1nnc(N2CCC(C)CC2)n1C1CC1. The van der Waals surface area contributed by atoms with E-state index in [0.29, 0.717) is 11.8 Å². The van der Waals surface area contributed by atoms with Crippen LogP contribution in [0.2, 0.25) is 0 Å². The van der Waals surface area contributed by atoms with Crippen LogP contribution < -0.4 is 10.2 Å². The van der Waals surface area contributed by atoms with Crippen LogP contribution in [0.15, 0.2) is 29.4 Å². The van der Waals surface area contributed by atoms with E-state index in [9.17, 15) is 4.79 Å². The normalized spacial score (nSPS) is 17.7. The number of rotatable bonds is 7. The number of hydrogen-bond donors (Lipinski definition) is 1. The van der Waals surface area contributed by atoms with E-state index in [1.807, 2.05) is 18.2 Å². The molecule has 0 unspecified atom stereocenters. The fraction of sp³-hybridized carbons (Fsp3) is 0.571. The van der Waals surface area contributed by atoms with E-state index < -0.39 is 0 Å². The Morgan fingerprint density at radius 3 is 2.64 bits per heavy atom. The minimum absolute atomic E-state index is 0.00425. The standard InChI is InChI=1S/C21H29N5OS/c1-3-16-6-4-5-7-18(16)22-19(27)14-28-21-24-23-20(26(21)17-8-9-17)25-12-10-15(2)11-13-25/h4-7,15,17H,3,8-14H2,1-2H3,(H,22,27). The molecule has 0 radical (unpaired) electrons. The minimum Gasteiger partial charge on any atom is -0.341 e. The van der Waals surface area contributed by atoms with Crippen LogP contribution in [0.5, 0.6) is 0 Å². The number of anilines is 2. The number of nitrogens with zero attached hydrogens (tertiary/aromatic N) is 4. The molecule has 4 rings (SSSR count). The molecule has 6 nitrogen and oxygen atoms in total. The highest BCUT2D eigenvalue weighted by molar-refractivity contribution is 7.99. The Hall–Kier alpha value is -2.02. The molecule has 150 valence electrons. The van der Waals surface area contributed by atoms with Gasteiger partial charge in [-0.25, -0.2) is 0 Å². The van der Waals surface area contributed by atoms with Gasteiger partial charge >= 0.3 is 0 Å². The summed E-state index contributed by atoms with van der Waals surface area (Å²) >= 11 is 1.49. The molecule has 1 aliphatic heterocycles. The van der Waals surface area contributed by atoms with Crippen LogP contribution in [0, 0.1) is 5.92 Å². The Morgan fingerprint density at radius 2 is 1.93 bits per heavy atom. The molecule has 1 aromatic carbocycles. The predicted octanol–water partition coefficient (Wildman–Crippen LogP) is 4.14. The van der Waals surface area contributed by atoms with Gasteiger partial charge in [-0.2, -0.15) is 0 Å². The number of carbonyl (C=O) groups excluding carboxylic acids is 1. The lowest BCUT2D eigenvalue weighted by Crippen LogP contribution is -2.34. The second-order valence-corrected chi connectivity index (χ2v) is 8.84. The van der Waals surface area contributed by atoms with Crippen LogP contribution in [0.1, 0.15) is 51.1 Å². The summed E-state index contributed by atoms with van der Waals surface area (Å²) in [6, 6.07) is 8.47. The van der Waals surface area contributed by atoms with Crippen LogP contribution in [-0.2, 0) is 11.2 Å². The largest absolute Gasteiger partial charge is 0.341 e.